The largest absolute Gasteiger partial charge is 0.336 e. The molecule has 3 heterocycles. The minimum atomic E-state index is -0.602. The number of benzene rings is 1. The van der Waals surface area contributed by atoms with Crippen LogP contribution in [0.25, 0.3) is 11.3 Å². The van der Waals surface area contributed by atoms with Gasteiger partial charge in [0.2, 0.25) is 0 Å². The first-order valence-corrected chi connectivity index (χ1v) is 11.8. The standard InChI is InChI=1S/C27H28FN7O2/c1-16-5-8-20(30-14-18(11-16)27(2,3)4)25(36)33-22-12-17(6-7-19(22)28)21-13-23(26(37)35-34-21)32-24-9-10-29-15-31-24/h6-7,9-15H,5,8H2,1-4H3,(H,33,36)(H,35,37)(H,29,31,32,34)/b16-11-,18-14+,30-20+. The van der Waals surface area contributed by atoms with Crippen LogP contribution in [-0.2, 0) is 4.79 Å². The fourth-order valence-electron chi connectivity index (χ4n) is 3.61. The Morgan fingerprint density at radius 1 is 1.11 bits per heavy atom. The van der Waals surface area contributed by atoms with Gasteiger partial charge in [0.25, 0.3) is 11.5 Å². The number of hydrogen-bond acceptors (Lipinski definition) is 7. The van der Waals surface area contributed by atoms with Crippen molar-refractivity contribution in [1.82, 2.24) is 20.2 Å². The van der Waals surface area contributed by atoms with Gasteiger partial charge in [-0.2, -0.15) is 5.10 Å². The fraction of sp³-hybridized carbons (Fsp3) is 0.259. The first kappa shape index (κ1) is 25.6. The maximum atomic E-state index is 14.7. The first-order chi connectivity index (χ1) is 17.6. The maximum Gasteiger partial charge on any atom is 0.287 e. The molecule has 10 heteroatoms. The molecule has 0 spiro atoms. The smallest absolute Gasteiger partial charge is 0.287 e. The van der Waals surface area contributed by atoms with Crippen LogP contribution in [0, 0.1) is 11.2 Å². The average Bonchev–Trinajstić information content (AvgIpc) is 2.84. The van der Waals surface area contributed by atoms with Gasteiger partial charge in [0, 0.05) is 18.0 Å². The summed E-state index contributed by atoms with van der Waals surface area (Å²) in [5.74, 6) is -0.650. The number of hydrogen-bond donors (Lipinski definition) is 3. The number of H-pyrrole nitrogens is 1. The van der Waals surface area contributed by atoms with Gasteiger partial charge in [-0.3, -0.25) is 14.6 Å². The Morgan fingerprint density at radius 3 is 2.65 bits per heavy atom. The number of aliphatic imine (C=N–C) groups is 1. The molecule has 1 aliphatic rings. The first-order valence-electron chi connectivity index (χ1n) is 11.8. The van der Waals surface area contributed by atoms with Crippen LogP contribution >= 0.6 is 0 Å². The second-order valence-corrected chi connectivity index (χ2v) is 9.77. The number of aromatic nitrogens is 4. The molecule has 0 radical (unpaired) electrons. The van der Waals surface area contributed by atoms with Crippen LogP contribution in [0.2, 0.25) is 0 Å². The Morgan fingerprint density at radius 2 is 1.92 bits per heavy atom. The molecule has 1 amide bonds. The quantitative estimate of drug-likeness (QED) is 0.444. The highest BCUT2D eigenvalue weighted by Gasteiger charge is 2.20. The number of carbonyl (C=O) groups excluding carboxylic acids is 1. The third kappa shape index (κ3) is 6.40. The Balaban J connectivity index is 1.59. The van der Waals surface area contributed by atoms with Crippen LogP contribution in [0.5, 0.6) is 0 Å². The van der Waals surface area contributed by atoms with E-state index in [9.17, 15) is 14.0 Å². The lowest BCUT2D eigenvalue weighted by atomic mass is 9.85. The molecule has 0 unspecified atom stereocenters. The van der Waals surface area contributed by atoms with Crippen LogP contribution in [0.15, 0.2) is 76.1 Å². The van der Waals surface area contributed by atoms with Gasteiger partial charge in [-0.25, -0.2) is 19.5 Å². The number of amides is 1. The molecule has 0 saturated heterocycles. The average molecular weight is 502 g/mol. The van der Waals surface area contributed by atoms with E-state index in [2.05, 4.69) is 62.6 Å². The molecule has 37 heavy (non-hydrogen) atoms. The summed E-state index contributed by atoms with van der Waals surface area (Å²) >= 11 is 0. The van der Waals surface area contributed by atoms with E-state index in [1.807, 2.05) is 6.92 Å². The summed E-state index contributed by atoms with van der Waals surface area (Å²) < 4.78 is 14.7. The van der Waals surface area contributed by atoms with Crippen LogP contribution in [0.4, 0.5) is 21.6 Å². The zero-order valence-corrected chi connectivity index (χ0v) is 21.1. The molecule has 1 aromatic carbocycles. The fourth-order valence-corrected chi connectivity index (χ4v) is 3.61. The van der Waals surface area contributed by atoms with Gasteiger partial charge in [0.15, 0.2) is 0 Å². The van der Waals surface area contributed by atoms with Crippen molar-refractivity contribution in [3.63, 3.8) is 0 Å². The molecule has 9 nitrogen and oxygen atoms in total. The van der Waals surface area contributed by atoms with Gasteiger partial charge in [-0.05, 0) is 61.1 Å². The van der Waals surface area contributed by atoms with E-state index < -0.39 is 17.3 Å². The molecule has 0 atom stereocenters. The lowest BCUT2D eigenvalue weighted by Gasteiger charge is -2.22. The van der Waals surface area contributed by atoms with Crippen molar-refractivity contribution < 1.29 is 9.18 Å². The zero-order chi connectivity index (χ0) is 26.6. The van der Waals surface area contributed by atoms with Crippen molar-refractivity contribution in [3.05, 3.63) is 82.4 Å². The van der Waals surface area contributed by atoms with Crippen molar-refractivity contribution in [3.8, 4) is 11.3 Å². The van der Waals surface area contributed by atoms with Crippen molar-refractivity contribution in [2.24, 2.45) is 10.4 Å². The van der Waals surface area contributed by atoms with Gasteiger partial charge >= 0.3 is 0 Å². The second-order valence-electron chi connectivity index (χ2n) is 9.77. The summed E-state index contributed by atoms with van der Waals surface area (Å²) in [6, 6.07) is 7.35. The van der Waals surface area contributed by atoms with E-state index in [4.69, 9.17) is 0 Å². The van der Waals surface area contributed by atoms with Gasteiger partial charge in [-0.1, -0.05) is 32.4 Å². The minimum Gasteiger partial charge on any atom is -0.336 e. The SMILES string of the molecule is C/C1=C/C(C(C)(C)C)=C\N=C(\C(=O)Nc2cc(-c3cc(Nc4ccncn4)c(=O)[nH]n3)ccc2F)CC1. The molecule has 2 aromatic heterocycles. The number of anilines is 3. The van der Waals surface area contributed by atoms with Gasteiger partial charge in [0.1, 0.15) is 29.4 Å². The predicted molar refractivity (Wildman–Crippen MR) is 142 cm³/mol. The molecular formula is C27H28FN7O2. The monoisotopic (exact) mass is 501 g/mol. The van der Waals surface area contributed by atoms with Crippen LogP contribution in [0.1, 0.15) is 40.5 Å². The Bertz CT molecular complexity index is 1470. The molecule has 4 rings (SSSR count). The third-order valence-corrected chi connectivity index (χ3v) is 5.80. The summed E-state index contributed by atoms with van der Waals surface area (Å²) in [6.45, 7) is 8.27. The minimum absolute atomic E-state index is 0.0159. The number of rotatable bonds is 5. The summed E-state index contributed by atoms with van der Waals surface area (Å²) in [7, 11) is 0. The number of halogens is 1. The molecule has 0 bridgehead atoms. The van der Waals surface area contributed by atoms with E-state index in [1.165, 1.54) is 36.8 Å². The molecule has 0 fully saturated rings. The van der Waals surface area contributed by atoms with Gasteiger partial charge in [-0.15, -0.1) is 0 Å². The Kier molecular flexibility index (Phi) is 7.37. The van der Waals surface area contributed by atoms with E-state index in [-0.39, 0.29) is 16.8 Å². The maximum absolute atomic E-state index is 14.7. The molecule has 3 N–H and O–H groups in total. The topological polar surface area (TPSA) is 125 Å². The van der Waals surface area contributed by atoms with Crippen LogP contribution in [-0.4, -0.2) is 31.8 Å². The number of nitrogens with one attached hydrogen (secondary N) is 3. The lowest BCUT2D eigenvalue weighted by molar-refractivity contribution is -0.110. The van der Waals surface area contributed by atoms with Gasteiger partial charge in [0.05, 0.1) is 11.4 Å². The van der Waals surface area contributed by atoms with Crippen molar-refractivity contribution in [1.29, 1.82) is 0 Å². The van der Waals surface area contributed by atoms with E-state index in [0.717, 1.165) is 11.1 Å². The lowest BCUT2D eigenvalue weighted by Crippen LogP contribution is -2.24. The summed E-state index contributed by atoms with van der Waals surface area (Å²) in [4.78, 5) is 37.6. The molecule has 0 aliphatic carbocycles. The van der Waals surface area contributed by atoms with Crippen molar-refractivity contribution in [2.45, 2.75) is 40.5 Å². The molecular weight excluding hydrogens is 473 g/mol. The summed E-state index contributed by atoms with van der Waals surface area (Å²) in [5.41, 5.74) is 2.94. The van der Waals surface area contributed by atoms with Crippen molar-refractivity contribution >= 4 is 28.8 Å². The van der Waals surface area contributed by atoms with Crippen molar-refractivity contribution in [2.75, 3.05) is 10.6 Å². The highest BCUT2D eigenvalue weighted by molar-refractivity contribution is 6.43. The van der Waals surface area contributed by atoms with Crippen LogP contribution < -0.4 is 16.2 Å². The Hall–Kier alpha value is -4.47. The number of nitrogens with zero attached hydrogens (tertiary/aromatic N) is 4. The highest BCUT2D eigenvalue weighted by atomic mass is 19.1. The predicted octanol–water partition coefficient (Wildman–Crippen LogP) is 5.16. The normalized spacial score (nSPS) is 18.2. The summed E-state index contributed by atoms with van der Waals surface area (Å²) in [5, 5.41) is 12.0. The van der Waals surface area contributed by atoms with Crippen LogP contribution in [0.3, 0.4) is 0 Å². The summed E-state index contributed by atoms with van der Waals surface area (Å²) in [6.07, 6.45) is 7.81. The molecule has 3 aromatic rings. The molecule has 0 saturated carbocycles. The molecule has 190 valence electrons. The van der Waals surface area contributed by atoms with E-state index in [1.54, 1.807) is 12.3 Å². The molecule has 1 aliphatic heterocycles. The van der Waals surface area contributed by atoms with E-state index >= 15 is 0 Å². The highest BCUT2D eigenvalue weighted by Crippen LogP contribution is 2.29. The number of carbonyl (C=O) groups is 1. The third-order valence-electron chi connectivity index (χ3n) is 5.80. The zero-order valence-electron chi connectivity index (χ0n) is 21.1. The second kappa shape index (κ2) is 10.7. The number of aromatic amines is 1. The number of allylic oxidation sites excluding steroid dienone is 3. The van der Waals surface area contributed by atoms with Gasteiger partial charge < -0.3 is 10.6 Å². The Labute approximate surface area is 213 Å². The van der Waals surface area contributed by atoms with E-state index in [0.29, 0.717) is 35.6 Å².